The molecule has 0 saturated carbocycles. The molecule has 2 aliphatic rings. The van der Waals surface area contributed by atoms with Gasteiger partial charge in [0.25, 0.3) is 0 Å². The van der Waals surface area contributed by atoms with E-state index < -0.39 is 24.1 Å². The van der Waals surface area contributed by atoms with Crippen LogP contribution in [0, 0.1) is 5.41 Å². The van der Waals surface area contributed by atoms with Crippen molar-refractivity contribution in [3.63, 3.8) is 0 Å². The van der Waals surface area contributed by atoms with Gasteiger partial charge in [0.15, 0.2) is 0 Å². The fraction of sp³-hybridized carbons (Fsp3) is 0.625. The quantitative estimate of drug-likeness (QED) is 0.545. The molecule has 32 heavy (non-hydrogen) atoms. The second kappa shape index (κ2) is 11.2. The number of aryl methyl sites for hydroxylation is 1. The summed E-state index contributed by atoms with van der Waals surface area (Å²) in [4.78, 5) is 39.6. The molecule has 1 aromatic rings. The van der Waals surface area contributed by atoms with Crippen molar-refractivity contribution in [2.75, 3.05) is 24.7 Å². The minimum Gasteiger partial charge on any atom is -0.480 e. The molecule has 4 atom stereocenters. The Morgan fingerprint density at radius 1 is 1.28 bits per heavy atom. The summed E-state index contributed by atoms with van der Waals surface area (Å²) in [5, 5.41) is 13.1. The van der Waals surface area contributed by atoms with Crippen LogP contribution < -0.4 is 5.32 Å². The van der Waals surface area contributed by atoms with Gasteiger partial charge in [-0.25, -0.2) is 4.79 Å². The number of rotatable bonds is 9. The molecule has 0 aromatic heterocycles. The number of thioether (sulfide) groups is 1. The van der Waals surface area contributed by atoms with Gasteiger partial charge in [0.2, 0.25) is 5.91 Å². The molecule has 8 heteroatoms. The molecule has 2 aliphatic heterocycles. The molecular formula is C24H34N2O5S. The van der Waals surface area contributed by atoms with Crippen molar-refractivity contribution in [1.29, 1.82) is 0 Å². The normalized spacial score (nSPS) is 24.8. The van der Waals surface area contributed by atoms with E-state index in [4.69, 9.17) is 4.74 Å². The SMILES string of the molecule is CCOC(=O)[C@H](CCc1ccccc1)NC(C)C(=O)N1CCC2(CCCSC2)[C@H]1C(=O)O. The zero-order valence-electron chi connectivity index (χ0n) is 18.9. The van der Waals surface area contributed by atoms with Gasteiger partial charge in [-0.1, -0.05) is 30.3 Å². The van der Waals surface area contributed by atoms with E-state index in [1.807, 2.05) is 30.3 Å². The van der Waals surface area contributed by atoms with Crippen LogP contribution in [0.15, 0.2) is 30.3 Å². The largest absolute Gasteiger partial charge is 0.480 e. The van der Waals surface area contributed by atoms with Crippen molar-refractivity contribution in [2.24, 2.45) is 5.41 Å². The topological polar surface area (TPSA) is 95.9 Å². The maximum Gasteiger partial charge on any atom is 0.327 e. The molecule has 3 rings (SSSR count). The summed E-state index contributed by atoms with van der Waals surface area (Å²) < 4.78 is 5.22. The zero-order chi connectivity index (χ0) is 23.1. The average Bonchev–Trinajstić information content (AvgIpc) is 3.15. The van der Waals surface area contributed by atoms with Crippen LogP contribution in [-0.4, -0.2) is 70.6 Å². The summed E-state index contributed by atoms with van der Waals surface area (Å²) in [6.07, 6.45) is 3.69. The van der Waals surface area contributed by atoms with Gasteiger partial charge in [-0.2, -0.15) is 11.8 Å². The molecular weight excluding hydrogens is 428 g/mol. The van der Waals surface area contributed by atoms with Gasteiger partial charge in [-0.3, -0.25) is 14.9 Å². The van der Waals surface area contributed by atoms with Crippen LogP contribution in [0.2, 0.25) is 0 Å². The van der Waals surface area contributed by atoms with Crippen molar-refractivity contribution < 1.29 is 24.2 Å². The number of benzene rings is 1. The van der Waals surface area contributed by atoms with Gasteiger partial charge in [-0.05, 0) is 57.3 Å². The lowest BCUT2D eigenvalue weighted by Gasteiger charge is -2.38. The second-order valence-electron chi connectivity index (χ2n) is 8.76. The first-order chi connectivity index (χ1) is 15.4. The number of carboxylic acids is 1. The van der Waals surface area contributed by atoms with E-state index >= 15 is 0 Å². The molecule has 2 N–H and O–H groups in total. The van der Waals surface area contributed by atoms with Crippen LogP contribution in [0.1, 0.15) is 45.1 Å². The summed E-state index contributed by atoms with van der Waals surface area (Å²) in [7, 11) is 0. The fourth-order valence-corrected chi connectivity index (χ4v) is 6.29. The molecule has 1 amide bonds. The third kappa shape index (κ3) is 5.64. The van der Waals surface area contributed by atoms with Crippen molar-refractivity contribution in [2.45, 2.75) is 64.1 Å². The first-order valence-corrected chi connectivity index (χ1v) is 12.6. The van der Waals surface area contributed by atoms with E-state index in [0.717, 1.165) is 29.9 Å². The number of carbonyl (C=O) groups is 3. The maximum absolute atomic E-state index is 13.3. The van der Waals surface area contributed by atoms with Crippen LogP contribution in [0.25, 0.3) is 0 Å². The van der Waals surface area contributed by atoms with Crippen molar-refractivity contribution >= 4 is 29.6 Å². The molecule has 1 spiro atoms. The molecule has 7 nitrogen and oxygen atoms in total. The number of aliphatic carboxylic acids is 1. The number of likely N-dealkylation sites (tertiary alicyclic amines) is 1. The Kier molecular flexibility index (Phi) is 8.59. The van der Waals surface area contributed by atoms with E-state index in [0.29, 0.717) is 25.8 Å². The van der Waals surface area contributed by atoms with Gasteiger partial charge < -0.3 is 14.7 Å². The third-order valence-electron chi connectivity index (χ3n) is 6.57. The lowest BCUT2D eigenvalue weighted by Crippen LogP contribution is -2.56. The molecule has 1 aromatic carbocycles. The lowest BCUT2D eigenvalue weighted by molar-refractivity contribution is -0.153. The Morgan fingerprint density at radius 2 is 2.03 bits per heavy atom. The highest BCUT2D eigenvalue weighted by atomic mass is 32.2. The minimum absolute atomic E-state index is 0.262. The standard InChI is InChI=1S/C24H34N2O5S/c1-3-31-23(30)19(11-10-18-8-5-4-6-9-18)25-17(2)21(27)26-14-13-24(20(26)22(28)29)12-7-15-32-16-24/h4-6,8-9,17,19-20,25H,3,7,10-16H2,1-2H3,(H,28,29)/t17?,19-,20+,24?/m0/s1. The molecule has 2 saturated heterocycles. The monoisotopic (exact) mass is 462 g/mol. The summed E-state index contributed by atoms with van der Waals surface area (Å²) >= 11 is 1.78. The molecule has 2 heterocycles. The Morgan fingerprint density at radius 3 is 2.66 bits per heavy atom. The van der Waals surface area contributed by atoms with Gasteiger partial charge in [0, 0.05) is 17.7 Å². The molecule has 176 valence electrons. The predicted octanol–water partition coefficient (Wildman–Crippen LogP) is 2.73. The highest BCUT2D eigenvalue weighted by Gasteiger charge is 2.53. The Balaban J connectivity index is 1.69. The molecule has 0 aliphatic carbocycles. The van der Waals surface area contributed by atoms with Crippen LogP contribution >= 0.6 is 11.8 Å². The molecule has 0 bridgehead atoms. The number of nitrogens with one attached hydrogen (secondary N) is 1. The van der Waals surface area contributed by atoms with E-state index in [2.05, 4.69) is 5.32 Å². The van der Waals surface area contributed by atoms with E-state index in [1.165, 1.54) is 4.90 Å². The van der Waals surface area contributed by atoms with Crippen molar-refractivity contribution in [3.05, 3.63) is 35.9 Å². The summed E-state index contributed by atoms with van der Waals surface area (Å²) in [5.41, 5.74) is 0.752. The lowest BCUT2D eigenvalue weighted by atomic mass is 9.77. The van der Waals surface area contributed by atoms with Crippen LogP contribution in [0.3, 0.4) is 0 Å². The Hall–Kier alpha value is -2.06. The molecule has 2 unspecified atom stereocenters. The van der Waals surface area contributed by atoms with Crippen molar-refractivity contribution in [1.82, 2.24) is 10.2 Å². The maximum atomic E-state index is 13.3. The smallest absolute Gasteiger partial charge is 0.327 e. The van der Waals surface area contributed by atoms with Gasteiger partial charge in [-0.15, -0.1) is 0 Å². The third-order valence-corrected chi connectivity index (χ3v) is 7.93. The number of hydrogen-bond acceptors (Lipinski definition) is 6. The highest BCUT2D eigenvalue weighted by molar-refractivity contribution is 7.99. The fourth-order valence-electron chi connectivity index (χ4n) is 4.95. The number of amides is 1. The number of nitrogens with zero attached hydrogens (tertiary/aromatic N) is 1. The van der Waals surface area contributed by atoms with Crippen LogP contribution in [0.4, 0.5) is 0 Å². The number of ether oxygens (including phenoxy) is 1. The van der Waals surface area contributed by atoms with E-state index in [-0.39, 0.29) is 23.9 Å². The van der Waals surface area contributed by atoms with Crippen LogP contribution in [0.5, 0.6) is 0 Å². The number of esters is 1. The highest BCUT2D eigenvalue weighted by Crippen LogP contribution is 2.46. The molecule has 0 radical (unpaired) electrons. The zero-order valence-corrected chi connectivity index (χ0v) is 19.7. The summed E-state index contributed by atoms with van der Waals surface area (Å²) in [6.45, 7) is 4.16. The molecule has 2 fully saturated rings. The first-order valence-electron chi connectivity index (χ1n) is 11.5. The van der Waals surface area contributed by atoms with Gasteiger partial charge in [0.1, 0.15) is 12.1 Å². The van der Waals surface area contributed by atoms with Gasteiger partial charge >= 0.3 is 11.9 Å². The number of hydrogen-bond donors (Lipinski definition) is 2. The van der Waals surface area contributed by atoms with E-state index in [1.54, 1.807) is 25.6 Å². The summed E-state index contributed by atoms with van der Waals surface area (Å²) in [6, 6.07) is 7.71. The Bertz CT molecular complexity index is 797. The van der Waals surface area contributed by atoms with Crippen LogP contribution in [-0.2, 0) is 25.5 Å². The predicted molar refractivity (Wildman–Crippen MR) is 125 cm³/mol. The average molecular weight is 463 g/mol. The Labute approximate surface area is 194 Å². The first kappa shape index (κ1) is 24.6. The van der Waals surface area contributed by atoms with Gasteiger partial charge in [0.05, 0.1) is 12.6 Å². The minimum atomic E-state index is -0.934. The number of carboxylic acid groups (broad SMARTS) is 1. The van der Waals surface area contributed by atoms with E-state index in [9.17, 15) is 19.5 Å². The van der Waals surface area contributed by atoms with Crippen molar-refractivity contribution in [3.8, 4) is 0 Å². The number of carbonyl (C=O) groups excluding carboxylic acids is 2. The second-order valence-corrected chi connectivity index (χ2v) is 9.86. The summed E-state index contributed by atoms with van der Waals surface area (Å²) in [5.74, 6) is 0.232.